The molecule has 1 atom stereocenters. The van der Waals surface area contributed by atoms with E-state index in [-0.39, 0.29) is 17.9 Å². The van der Waals surface area contributed by atoms with Gasteiger partial charge >= 0.3 is 0 Å². The van der Waals surface area contributed by atoms with E-state index in [4.69, 9.17) is 0 Å². The molecule has 1 heterocycles. The predicted molar refractivity (Wildman–Crippen MR) is 89.9 cm³/mol. The molecule has 2 fully saturated rings. The average molecular weight is 351 g/mol. The summed E-state index contributed by atoms with van der Waals surface area (Å²) in [6.07, 6.45) is 3.50. The third-order valence-electron chi connectivity index (χ3n) is 4.96. The first-order chi connectivity index (χ1) is 12.0. The van der Waals surface area contributed by atoms with Crippen LogP contribution in [0.15, 0.2) is 18.2 Å². The van der Waals surface area contributed by atoms with Gasteiger partial charge in [0.15, 0.2) is 0 Å². The topological polar surface area (TPSA) is 61.4 Å². The number of benzene rings is 1. The van der Waals surface area contributed by atoms with Crippen LogP contribution in [0.3, 0.4) is 0 Å². The highest BCUT2D eigenvalue weighted by molar-refractivity contribution is 5.94. The Kier molecular flexibility index (Phi) is 5.32. The van der Waals surface area contributed by atoms with Crippen molar-refractivity contribution in [1.29, 1.82) is 0 Å². The van der Waals surface area contributed by atoms with Gasteiger partial charge in [-0.3, -0.25) is 14.5 Å². The summed E-state index contributed by atoms with van der Waals surface area (Å²) >= 11 is 0. The molecule has 0 bridgehead atoms. The maximum atomic E-state index is 13.7. The van der Waals surface area contributed by atoms with Crippen molar-refractivity contribution < 1.29 is 18.4 Å². The van der Waals surface area contributed by atoms with Crippen LogP contribution < -0.4 is 10.6 Å². The minimum atomic E-state index is -0.790. The van der Waals surface area contributed by atoms with Crippen LogP contribution in [0.2, 0.25) is 0 Å². The van der Waals surface area contributed by atoms with Crippen LogP contribution in [0.5, 0.6) is 0 Å². The Balaban J connectivity index is 1.50. The molecule has 2 aliphatic rings. The summed E-state index contributed by atoms with van der Waals surface area (Å²) in [6, 6.07) is 3.11. The fourth-order valence-electron chi connectivity index (χ4n) is 3.11. The van der Waals surface area contributed by atoms with Gasteiger partial charge in [0.2, 0.25) is 11.8 Å². The van der Waals surface area contributed by atoms with Gasteiger partial charge < -0.3 is 10.6 Å². The zero-order chi connectivity index (χ0) is 18.0. The fraction of sp³-hybridized carbons (Fsp3) is 0.556. The van der Waals surface area contributed by atoms with Gasteiger partial charge in [-0.15, -0.1) is 0 Å². The number of likely N-dealkylation sites (tertiary alicyclic amines) is 1. The number of para-hydroxylation sites is 1. The second kappa shape index (κ2) is 7.47. The second-order valence-electron chi connectivity index (χ2n) is 6.85. The highest BCUT2D eigenvalue weighted by atomic mass is 19.1. The van der Waals surface area contributed by atoms with Gasteiger partial charge in [-0.05, 0) is 44.7 Å². The van der Waals surface area contributed by atoms with Crippen LogP contribution in [-0.2, 0) is 9.59 Å². The first kappa shape index (κ1) is 17.8. The van der Waals surface area contributed by atoms with E-state index in [0.29, 0.717) is 13.1 Å². The molecule has 136 valence electrons. The number of rotatable bonds is 5. The Labute approximate surface area is 145 Å². The highest BCUT2D eigenvalue weighted by Crippen LogP contribution is 2.29. The molecular weight excluding hydrogens is 328 g/mol. The van der Waals surface area contributed by atoms with Gasteiger partial charge in [0.25, 0.3) is 0 Å². The SMILES string of the molecule is CC(C(=O)Nc1c(F)cccc1F)N1CCC(NC(=O)C2CC2)CC1. The lowest BCUT2D eigenvalue weighted by atomic mass is 10.0. The lowest BCUT2D eigenvalue weighted by molar-refractivity contribution is -0.124. The van der Waals surface area contributed by atoms with Crippen molar-refractivity contribution in [1.82, 2.24) is 10.2 Å². The molecule has 1 aliphatic heterocycles. The number of carbonyl (C=O) groups is 2. The van der Waals surface area contributed by atoms with Crippen molar-refractivity contribution in [2.75, 3.05) is 18.4 Å². The summed E-state index contributed by atoms with van der Waals surface area (Å²) in [5, 5.41) is 5.40. The number of amides is 2. The number of piperidine rings is 1. The molecule has 0 aromatic heterocycles. The normalized spacial score (nSPS) is 20.1. The summed E-state index contributed by atoms with van der Waals surface area (Å²) in [6.45, 7) is 3.03. The molecule has 1 unspecified atom stereocenters. The van der Waals surface area contributed by atoms with Crippen LogP contribution in [0, 0.1) is 17.6 Å². The fourth-order valence-corrected chi connectivity index (χ4v) is 3.11. The minimum absolute atomic E-state index is 0.138. The molecule has 7 heteroatoms. The maximum Gasteiger partial charge on any atom is 0.241 e. The molecule has 3 rings (SSSR count). The summed E-state index contributed by atoms with van der Waals surface area (Å²) in [5.74, 6) is -1.69. The highest BCUT2D eigenvalue weighted by Gasteiger charge is 2.33. The van der Waals surface area contributed by atoms with Crippen molar-refractivity contribution in [2.24, 2.45) is 5.92 Å². The van der Waals surface area contributed by atoms with Crippen LogP contribution in [0.4, 0.5) is 14.5 Å². The molecule has 1 aromatic carbocycles. The predicted octanol–water partition coefficient (Wildman–Crippen LogP) is 2.28. The summed E-state index contributed by atoms with van der Waals surface area (Å²) in [5.41, 5.74) is -0.411. The second-order valence-corrected chi connectivity index (χ2v) is 6.85. The first-order valence-corrected chi connectivity index (χ1v) is 8.75. The van der Waals surface area contributed by atoms with E-state index in [0.717, 1.165) is 37.8 Å². The first-order valence-electron chi connectivity index (χ1n) is 8.75. The maximum absolute atomic E-state index is 13.7. The molecule has 1 saturated carbocycles. The number of halogens is 2. The Morgan fingerprint density at radius 2 is 1.72 bits per heavy atom. The van der Waals surface area contributed by atoms with Gasteiger partial charge in [0.1, 0.15) is 17.3 Å². The van der Waals surface area contributed by atoms with Crippen molar-refractivity contribution >= 4 is 17.5 Å². The largest absolute Gasteiger partial charge is 0.353 e. The molecule has 5 nitrogen and oxygen atoms in total. The summed E-state index contributed by atoms with van der Waals surface area (Å²) in [7, 11) is 0. The van der Waals surface area contributed by atoms with E-state index in [2.05, 4.69) is 10.6 Å². The van der Waals surface area contributed by atoms with Crippen LogP contribution in [0.25, 0.3) is 0 Å². The average Bonchev–Trinajstić information content (AvgIpc) is 3.43. The molecule has 2 amide bonds. The van der Waals surface area contributed by atoms with E-state index in [1.807, 2.05) is 4.90 Å². The number of hydrogen-bond donors (Lipinski definition) is 2. The lowest BCUT2D eigenvalue weighted by Gasteiger charge is -2.35. The molecule has 1 aromatic rings. The van der Waals surface area contributed by atoms with Crippen molar-refractivity contribution in [3.05, 3.63) is 29.8 Å². The molecule has 2 N–H and O–H groups in total. The molecule has 0 radical (unpaired) electrons. The standard InChI is InChI=1S/C18H23F2N3O2/c1-11(17(24)22-16-14(19)3-2-4-15(16)20)23-9-7-13(8-10-23)21-18(25)12-5-6-12/h2-4,11-13H,5-10H2,1H3,(H,21,25)(H,22,24). The quantitative estimate of drug-likeness (QED) is 0.856. The Bertz CT molecular complexity index is 635. The van der Waals surface area contributed by atoms with Gasteiger partial charge in [-0.2, -0.15) is 0 Å². The van der Waals surface area contributed by atoms with Gasteiger partial charge in [0.05, 0.1) is 6.04 Å². The minimum Gasteiger partial charge on any atom is -0.353 e. The smallest absolute Gasteiger partial charge is 0.241 e. The van der Waals surface area contributed by atoms with Crippen molar-refractivity contribution in [2.45, 2.75) is 44.7 Å². The lowest BCUT2D eigenvalue weighted by Crippen LogP contribution is -2.50. The van der Waals surface area contributed by atoms with Crippen LogP contribution >= 0.6 is 0 Å². The van der Waals surface area contributed by atoms with E-state index < -0.39 is 29.3 Å². The molecule has 25 heavy (non-hydrogen) atoms. The third-order valence-corrected chi connectivity index (χ3v) is 4.96. The van der Waals surface area contributed by atoms with E-state index >= 15 is 0 Å². The Morgan fingerprint density at radius 3 is 2.28 bits per heavy atom. The molecular formula is C18H23F2N3O2. The van der Waals surface area contributed by atoms with Gasteiger partial charge in [-0.25, -0.2) is 8.78 Å². The number of anilines is 1. The number of hydrogen-bond acceptors (Lipinski definition) is 3. The van der Waals surface area contributed by atoms with Crippen molar-refractivity contribution in [3.8, 4) is 0 Å². The van der Waals surface area contributed by atoms with E-state index in [9.17, 15) is 18.4 Å². The summed E-state index contributed by atoms with van der Waals surface area (Å²) in [4.78, 5) is 26.1. The molecule has 1 saturated heterocycles. The monoisotopic (exact) mass is 351 g/mol. The van der Waals surface area contributed by atoms with Crippen LogP contribution in [0.1, 0.15) is 32.6 Å². The number of carbonyl (C=O) groups excluding carboxylic acids is 2. The van der Waals surface area contributed by atoms with E-state index in [1.54, 1.807) is 6.92 Å². The van der Waals surface area contributed by atoms with E-state index in [1.165, 1.54) is 6.07 Å². The van der Waals surface area contributed by atoms with Crippen LogP contribution in [-0.4, -0.2) is 41.9 Å². The number of nitrogens with zero attached hydrogens (tertiary/aromatic N) is 1. The third kappa shape index (κ3) is 4.34. The zero-order valence-corrected chi connectivity index (χ0v) is 14.2. The summed E-state index contributed by atoms with van der Waals surface area (Å²) < 4.78 is 27.3. The zero-order valence-electron chi connectivity index (χ0n) is 14.2. The number of nitrogens with one attached hydrogen (secondary N) is 2. The Morgan fingerprint density at radius 1 is 1.12 bits per heavy atom. The molecule has 0 spiro atoms. The molecule has 1 aliphatic carbocycles. The Hall–Kier alpha value is -2.02. The van der Waals surface area contributed by atoms with Gasteiger partial charge in [-0.1, -0.05) is 6.07 Å². The van der Waals surface area contributed by atoms with Crippen molar-refractivity contribution in [3.63, 3.8) is 0 Å². The van der Waals surface area contributed by atoms with Gasteiger partial charge in [0, 0.05) is 25.0 Å².